The minimum absolute atomic E-state index is 0.806. The number of fused-ring (bicyclic) bond motifs is 7. The van der Waals surface area contributed by atoms with Crippen LogP contribution in [-0.2, 0) is 0 Å². The first kappa shape index (κ1) is 27.4. The lowest BCUT2D eigenvalue weighted by atomic mass is 10.0. The van der Waals surface area contributed by atoms with Gasteiger partial charge in [-0.05, 0) is 60.0 Å². The van der Waals surface area contributed by atoms with E-state index in [0.29, 0.717) is 0 Å². The van der Waals surface area contributed by atoms with Gasteiger partial charge in [0.25, 0.3) is 0 Å². The van der Waals surface area contributed by atoms with Gasteiger partial charge in [0, 0.05) is 55.9 Å². The first-order valence-electron chi connectivity index (χ1n) is 16.5. The van der Waals surface area contributed by atoms with E-state index in [1.807, 2.05) is 36.4 Å². The molecule has 0 fully saturated rings. The highest BCUT2D eigenvalue weighted by Crippen LogP contribution is 2.40. The van der Waals surface area contributed by atoms with Crippen molar-refractivity contribution in [1.82, 2.24) is 23.9 Å². The molecule has 0 amide bonds. The summed E-state index contributed by atoms with van der Waals surface area (Å²) < 4.78 is 6.87. The van der Waals surface area contributed by atoms with E-state index in [2.05, 4.69) is 164 Å². The second kappa shape index (κ2) is 10.9. The van der Waals surface area contributed by atoms with E-state index in [4.69, 9.17) is 0 Å². The number of rotatable bonds is 5. The van der Waals surface area contributed by atoms with Crippen LogP contribution in [0, 0.1) is 0 Å². The van der Waals surface area contributed by atoms with Gasteiger partial charge in [0.15, 0.2) is 11.6 Å². The molecule has 10 aromatic rings. The summed E-state index contributed by atoms with van der Waals surface area (Å²) in [6.07, 6.45) is 2.19. The third-order valence-electron chi connectivity index (χ3n) is 9.61. The van der Waals surface area contributed by atoms with Gasteiger partial charge in [-0.25, -0.2) is 0 Å². The Morgan fingerprint density at radius 3 is 1.61 bits per heavy atom. The Hall–Kier alpha value is -6.72. The summed E-state index contributed by atoms with van der Waals surface area (Å²) in [6.45, 7) is 0. The first-order valence-corrected chi connectivity index (χ1v) is 16.5. The number of hydrogen-bond acceptors (Lipinski definition) is 2. The molecule has 0 bridgehead atoms. The van der Waals surface area contributed by atoms with Crippen molar-refractivity contribution in [3.8, 4) is 39.8 Å². The molecule has 0 unspecified atom stereocenters. The third kappa shape index (κ3) is 4.26. The second-order valence-electron chi connectivity index (χ2n) is 12.4. The molecule has 0 radical (unpaired) electrons. The zero-order valence-corrected chi connectivity index (χ0v) is 26.5. The van der Waals surface area contributed by atoms with E-state index in [0.717, 1.165) is 39.8 Å². The lowest BCUT2D eigenvalue weighted by molar-refractivity contribution is 1.07. The van der Waals surface area contributed by atoms with E-state index in [9.17, 15) is 0 Å². The Labute approximate surface area is 282 Å². The largest absolute Gasteiger partial charge is 0.317 e. The molecule has 10 rings (SSSR count). The second-order valence-corrected chi connectivity index (χ2v) is 12.4. The Kier molecular flexibility index (Phi) is 6.11. The van der Waals surface area contributed by atoms with E-state index in [1.54, 1.807) is 0 Å². The van der Waals surface area contributed by atoms with E-state index < -0.39 is 0 Å². The zero-order chi connectivity index (χ0) is 32.3. The van der Waals surface area contributed by atoms with Gasteiger partial charge in [-0.15, -0.1) is 10.2 Å². The summed E-state index contributed by atoms with van der Waals surface area (Å²) in [5.74, 6) is 1.61. The van der Waals surface area contributed by atoms with Crippen LogP contribution in [0.1, 0.15) is 0 Å². The van der Waals surface area contributed by atoms with Gasteiger partial charge in [0.1, 0.15) is 0 Å². The predicted octanol–water partition coefficient (Wildman–Crippen LogP) is 10.8. The molecule has 7 aromatic carbocycles. The van der Waals surface area contributed by atoms with Crippen LogP contribution >= 0.6 is 0 Å². The molecule has 0 saturated carbocycles. The normalized spacial score (nSPS) is 11.7. The van der Waals surface area contributed by atoms with Gasteiger partial charge >= 0.3 is 0 Å². The van der Waals surface area contributed by atoms with Crippen molar-refractivity contribution in [1.29, 1.82) is 0 Å². The maximum absolute atomic E-state index is 4.69. The molecule has 0 aliphatic heterocycles. The van der Waals surface area contributed by atoms with Crippen molar-refractivity contribution in [2.45, 2.75) is 0 Å². The van der Waals surface area contributed by atoms with Crippen molar-refractivity contribution >= 4 is 43.5 Å². The number of para-hydroxylation sites is 2. The summed E-state index contributed by atoms with van der Waals surface area (Å²) in [5.41, 5.74) is 8.85. The minimum Gasteiger partial charge on any atom is -0.317 e. The quantitative estimate of drug-likeness (QED) is 0.190. The number of hydrogen-bond donors (Lipinski definition) is 0. The molecule has 5 heteroatoms. The van der Waals surface area contributed by atoms with Gasteiger partial charge in [-0.2, -0.15) is 0 Å². The number of aromatic nitrogens is 5. The standard InChI is InChI=1S/C44H29N5/c1-4-12-31(13-5-1)43-45-46-44(32-14-6-2-7-15-32)49(43)35-24-22-34(23-25-35)48-40-19-11-10-18-36(40)37-26-20-30-21-27-39-38(41(30)42(37)48)28-29-47(39)33-16-8-3-9-17-33/h1-29H. The lowest BCUT2D eigenvalue weighted by Crippen LogP contribution is -2.01. The van der Waals surface area contributed by atoms with Crippen LogP contribution in [-0.4, -0.2) is 23.9 Å². The van der Waals surface area contributed by atoms with Crippen LogP contribution < -0.4 is 0 Å². The summed E-state index contributed by atoms with van der Waals surface area (Å²) >= 11 is 0. The smallest absolute Gasteiger partial charge is 0.168 e. The summed E-state index contributed by atoms with van der Waals surface area (Å²) in [5, 5.41) is 15.6. The van der Waals surface area contributed by atoms with Crippen molar-refractivity contribution in [3.63, 3.8) is 0 Å². The van der Waals surface area contributed by atoms with Gasteiger partial charge in [-0.3, -0.25) is 4.57 Å². The first-order chi connectivity index (χ1) is 24.3. The van der Waals surface area contributed by atoms with Crippen LogP contribution in [0.3, 0.4) is 0 Å². The SMILES string of the molecule is c1ccc(-c2nnc(-c3ccccc3)n2-c2ccc(-n3c4ccccc4c4ccc5ccc6c(ccn6-c6ccccc6)c5c43)cc2)cc1. The number of nitrogens with zero attached hydrogens (tertiary/aromatic N) is 5. The highest BCUT2D eigenvalue weighted by Gasteiger charge is 2.20. The summed E-state index contributed by atoms with van der Waals surface area (Å²) in [4.78, 5) is 0. The molecule has 0 atom stereocenters. The van der Waals surface area contributed by atoms with Crippen LogP contribution in [0.5, 0.6) is 0 Å². The molecule has 3 heterocycles. The highest BCUT2D eigenvalue weighted by atomic mass is 15.3. The molecule has 3 aromatic heterocycles. The molecule has 0 aliphatic carbocycles. The average Bonchev–Trinajstić information content (AvgIpc) is 3.90. The molecule has 0 saturated heterocycles. The average molecular weight is 628 g/mol. The molecular weight excluding hydrogens is 599 g/mol. The number of benzene rings is 7. The molecule has 0 spiro atoms. The molecule has 49 heavy (non-hydrogen) atoms. The molecule has 230 valence electrons. The topological polar surface area (TPSA) is 40.6 Å². The van der Waals surface area contributed by atoms with Crippen molar-refractivity contribution in [3.05, 3.63) is 176 Å². The van der Waals surface area contributed by atoms with E-state index in [1.165, 1.54) is 43.5 Å². The molecule has 0 aliphatic rings. The summed E-state index contributed by atoms with van der Waals surface area (Å²) in [7, 11) is 0. The van der Waals surface area contributed by atoms with Gasteiger partial charge < -0.3 is 9.13 Å². The Morgan fingerprint density at radius 2 is 0.939 bits per heavy atom. The third-order valence-corrected chi connectivity index (χ3v) is 9.61. The maximum Gasteiger partial charge on any atom is 0.168 e. The van der Waals surface area contributed by atoms with Crippen molar-refractivity contribution in [2.75, 3.05) is 0 Å². The fourth-order valence-electron chi connectivity index (χ4n) is 7.40. The molecule has 0 N–H and O–H groups in total. The van der Waals surface area contributed by atoms with Gasteiger partial charge in [0.05, 0.1) is 16.6 Å². The van der Waals surface area contributed by atoms with Crippen molar-refractivity contribution < 1.29 is 0 Å². The Bertz CT molecular complexity index is 2730. The lowest BCUT2D eigenvalue weighted by Gasteiger charge is -2.14. The molecule has 5 nitrogen and oxygen atoms in total. The van der Waals surface area contributed by atoms with Gasteiger partial charge in [0.2, 0.25) is 0 Å². The summed E-state index contributed by atoms with van der Waals surface area (Å²) in [6, 6.07) is 59.9. The monoisotopic (exact) mass is 627 g/mol. The zero-order valence-electron chi connectivity index (χ0n) is 26.5. The minimum atomic E-state index is 0.806. The van der Waals surface area contributed by atoms with Crippen molar-refractivity contribution in [2.24, 2.45) is 0 Å². The Balaban J connectivity index is 1.21. The van der Waals surface area contributed by atoms with Crippen LogP contribution in [0.25, 0.3) is 83.3 Å². The van der Waals surface area contributed by atoms with E-state index in [-0.39, 0.29) is 0 Å². The Morgan fingerprint density at radius 1 is 0.367 bits per heavy atom. The highest BCUT2D eigenvalue weighted by molar-refractivity contribution is 6.25. The molecular formula is C44H29N5. The fraction of sp³-hybridized carbons (Fsp3) is 0. The van der Waals surface area contributed by atoms with Crippen LogP contribution in [0.4, 0.5) is 0 Å². The van der Waals surface area contributed by atoms with Crippen LogP contribution in [0.2, 0.25) is 0 Å². The fourth-order valence-corrected chi connectivity index (χ4v) is 7.40. The van der Waals surface area contributed by atoms with Crippen LogP contribution in [0.15, 0.2) is 176 Å². The van der Waals surface area contributed by atoms with E-state index >= 15 is 0 Å². The maximum atomic E-state index is 4.69. The predicted molar refractivity (Wildman–Crippen MR) is 201 cm³/mol. The van der Waals surface area contributed by atoms with Gasteiger partial charge in [-0.1, -0.05) is 115 Å².